The average Bonchev–Trinajstić information content (AvgIpc) is 3.08. The molecule has 0 aliphatic heterocycles. The minimum atomic E-state index is -0.754. The van der Waals surface area contributed by atoms with Gasteiger partial charge in [0.2, 0.25) is 0 Å². The van der Waals surface area contributed by atoms with Gasteiger partial charge in [-0.3, -0.25) is 4.57 Å². The highest BCUT2D eigenvalue weighted by Gasteiger charge is 2.12. The van der Waals surface area contributed by atoms with Crippen LogP contribution in [0.3, 0.4) is 0 Å². The second-order valence-electron chi connectivity index (χ2n) is 5.03. The summed E-state index contributed by atoms with van der Waals surface area (Å²) in [5, 5.41) is 18.7. The first-order chi connectivity index (χ1) is 11.7. The topological polar surface area (TPSA) is 60.2 Å². The molecule has 5 nitrogen and oxygen atoms in total. The zero-order chi connectivity index (χ0) is 16.8. The minimum absolute atomic E-state index is 0.00735. The third-order valence-electron chi connectivity index (χ3n) is 3.22. The van der Waals surface area contributed by atoms with Crippen LogP contribution in [0.15, 0.2) is 66.1 Å². The Bertz CT molecular complexity index is 782. The molecule has 3 aromatic rings. The number of halogens is 1. The van der Waals surface area contributed by atoms with Crippen LogP contribution in [-0.4, -0.2) is 38.3 Å². The minimum Gasteiger partial charge on any atom is -0.488 e. The van der Waals surface area contributed by atoms with E-state index in [2.05, 4.69) is 10.2 Å². The molecule has 2 aromatic carbocycles. The van der Waals surface area contributed by atoms with Crippen LogP contribution in [0.5, 0.6) is 5.75 Å². The molecule has 7 heteroatoms. The summed E-state index contributed by atoms with van der Waals surface area (Å²) in [4.78, 5) is 0. The highest BCUT2D eigenvalue weighted by molar-refractivity contribution is 7.99. The molecule has 1 heterocycles. The molecule has 0 unspecified atom stereocenters. The first-order valence-corrected chi connectivity index (χ1v) is 8.36. The van der Waals surface area contributed by atoms with Crippen molar-refractivity contribution in [1.82, 2.24) is 14.8 Å². The number of ether oxygens (including phenoxy) is 1. The number of benzene rings is 2. The Morgan fingerprint density at radius 3 is 2.67 bits per heavy atom. The van der Waals surface area contributed by atoms with Crippen LogP contribution in [0.1, 0.15) is 0 Å². The second-order valence-corrected chi connectivity index (χ2v) is 6.01. The van der Waals surface area contributed by atoms with E-state index in [1.807, 2.05) is 34.9 Å². The van der Waals surface area contributed by atoms with Crippen molar-refractivity contribution in [1.29, 1.82) is 0 Å². The zero-order valence-corrected chi connectivity index (χ0v) is 13.6. The predicted molar refractivity (Wildman–Crippen MR) is 90.0 cm³/mol. The van der Waals surface area contributed by atoms with Gasteiger partial charge in [-0.1, -0.05) is 42.1 Å². The Balaban J connectivity index is 1.55. The van der Waals surface area contributed by atoms with Crippen molar-refractivity contribution in [3.05, 3.63) is 66.7 Å². The van der Waals surface area contributed by atoms with E-state index in [4.69, 9.17) is 4.74 Å². The number of nitrogens with zero attached hydrogens (tertiary/aromatic N) is 3. The maximum Gasteiger partial charge on any atom is 0.195 e. The summed E-state index contributed by atoms with van der Waals surface area (Å²) in [5.74, 6) is 0.0511. The van der Waals surface area contributed by atoms with E-state index in [0.717, 1.165) is 5.69 Å². The molecule has 0 aliphatic rings. The van der Waals surface area contributed by atoms with Gasteiger partial charge in [0.15, 0.2) is 16.7 Å². The van der Waals surface area contributed by atoms with Crippen molar-refractivity contribution >= 4 is 11.8 Å². The van der Waals surface area contributed by atoms with E-state index in [0.29, 0.717) is 10.9 Å². The number of aliphatic hydroxyl groups is 1. The third kappa shape index (κ3) is 4.12. The van der Waals surface area contributed by atoms with Crippen molar-refractivity contribution in [2.45, 2.75) is 11.3 Å². The zero-order valence-electron chi connectivity index (χ0n) is 12.7. The van der Waals surface area contributed by atoms with Gasteiger partial charge < -0.3 is 9.84 Å². The van der Waals surface area contributed by atoms with Crippen molar-refractivity contribution in [3.63, 3.8) is 0 Å². The molecule has 1 atom stereocenters. The van der Waals surface area contributed by atoms with Gasteiger partial charge in [-0.2, -0.15) is 0 Å². The lowest BCUT2D eigenvalue weighted by Crippen LogP contribution is -2.20. The molecule has 0 bridgehead atoms. The Morgan fingerprint density at radius 1 is 1.12 bits per heavy atom. The molecule has 0 radical (unpaired) electrons. The van der Waals surface area contributed by atoms with Gasteiger partial charge in [-0.05, 0) is 24.3 Å². The number of thioether (sulfide) groups is 1. The van der Waals surface area contributed by atoms with Gasteiger partial charge in [-0.25, -0.2) is 4.39 Å². The van der Waals surface area contributed by atoms with Crippen molar-refractivity contribution in [2.24, 2.45) is 0 Å². The number of hydrogen-bond donors (Lipinski definition) is 1. The van der Waals surface area contributed by atoms with E-state index in [1.165, 1.54) is 23.9 Å². The molecule has 124 valence electrons. The lowest BCUT2D eigenvalue weighted by atomic mass is 10.3. The monoisotopic (exact) mass is 345 g/mol. The van der Waals surface area contributed by atoms with Crippen LogP contribution in [-0.2, 0) is 0 Å². The predicted octanol–water partition coefficient (Wildman–Crippen LogP) is 2.94. The van der Waals surface area contributed by atoms with E-state index in [1.54, 1.807) is 18.5 Å². The Labute approximate surface area is 143 Å². The fourth-order valence-corrected chi connectivity index (χ4v) is 2.89. The SMILES string of the molecule is O[C@@H](COc1ccccc1F)CSc1nncn1-c1ccccc1. The first-order valence-electron chi connectivity index (χ1n) is 7.37. The van der Waals surface area contributed by atoms with E-state index < -0.39 is 11.9 Å². The van der Waals surface area contributed by atoms with Crippen LogP contribution >= 0.6 is 11.8 Å². The van der Waals surface area contributed by atoms with E-state index >= 15 is 0 Å². The summed E-state index contributed by atoms with van der Waals surface area (Å²) < 4.78 is 20.6. The van der Waals surface area contributed by atoms with Crippen LogP contribution < -0.4 is 4.74 Å². The number of hydrogen-bond acceptors (Lipinski definition) is 5. The summed E-state index contributed by atoms with van der Waals surface area (Å²) in [6.07, 6.45) is 0.871. The van der Waals surface area contributed by atoms with Crippen LogP contribution in [0, 0.1) is 5.82 Å². The number of aromatic nitrogens is 3. The van der Waals surface area contributed by atoms with E-state index in [-0.39, 0.29) is 12.4 Å². The molecular weight excluding hydrogens is 329 g/mol. The molecule has 0 spiro atoms. The van der Waals surface area contributed by atoms with Gasteiger partial charge in [0.25, 0.3) is 0 Å². The Morgan fingerprint density at radius 2 is 1.88 bits per heavy atom. The van der Waals surface area contributed by atoms with E-state index in [9.17, 15) is 9.50 Å². The largest absolute Gasteiger partial charge is 0.488 e. The standard InChI is InChI=1S/C17H16FN3O2S/c18-15-8-4-5-9-16(15)23-10-14(22)11-24-17-20-19-12-21(17)13-6-2-1-3-7-13/h1-9,12,14,22H,10-11H2/t14-/m0/s1. The maximum atomic E-state index is 13.5. The van der Waals surface area contributed by atoms with Gasteiger partial charge >= 0.3 is 0 Å². The quantitative estimate of drug-likeness (QED) is 0.667. The number of para-hydroxylation sites is 2. The van der Waals surface area contributed by atoms with Crippen LogP contribution in [0.4, 0.5) is 4.39 Å². The number of rotatable bonds is 7. The average molecular weight is 345 g/mol. The fraction of sp³-hybridized carbons (Fsp3) is 0.176. The van der Waals surface area contributed by atoms with Crippen molar-refractivity contribution in [2.75, 3.05) is 12.4 Å². The summed E-state index contributed by atoms with van der Waals surface area (Å²) in [7, 11) is 0. The van der Waals surface area contributed by atoms with Gasteiger partial charge in [-0.15, -0.1) is 10.2 Å². The molecule has 1 aromatic heterocycles. The lowest BCUT2D eigenvalue weighted by molar-refractivity contribution is 0.123. The second kappa shape index (κ2) is 7.94. The molecule has 0 aliphatic carbocycles. The number of aliphatic hydroxyl groups excluding tert-OH is 1. The van der Waals surface area contributed by atoms with Gasteiger partial charge in [0.1, 0.15) is 12.9 Å². The highest BCUT2D eigenvalue weighted by Crippen LogP contribution is 2.21. The van der Waals surface area contributed by atoms with Crippen molar-refractivity contribution < 1.29 is 14.2 Å². The molecular formula is C17H16FN3O2S. The molecule has 0 fully saturated rings. The molecule has 0 amide bonds. The molecule has 24 heavy (non-hydrogen) atoms. The summed E-state index contributed by atoms with van der Waals surface area (Å²) in [6, 6.07) is 15.8. The lowest BCUT2D eigenvalue weighted by Gasteiger charge is -2.12. The van der Waals surface area contributed by atoms with Gasteiger partial charge in [0.05, 0.1) is 6.10 Å². The maximum absolute atomic E-state index is 13.5. The summed E-state index contributed by atoms with van der Waals surface area (Å²) in [5.41, 5.74) is 0.946. The normalized spacial score (nSPS) is 12.1. The van der Waals surface area contributed by atoms with Gasteiger partial charge in [0, 0.05) is 11.4 Å². The fourth-order valence-electron chi connectivity index (χ4n) is 2.06. The van der Waals surface area contributed by atoms with Crippen molar-refractivity contribution in [3.8, 4) is 11.4 Å². The molecule has 0 saturated carbocycles. The molecule has 1 N–H and O–H groups in total. The Kier molecular flexibility index (Phi) is 5.45. The highest BCUT2D eigenvalue weighted by atomic mass is 32.2. The smallest absolute Gasteiger partial charge is 0.195 e. The third-order valence-corrected chi connectivity index (χ3v) is 4.31. The summed E-state index contributed by atoms with van der Waals surface area (Å²) >= 11 is 1.36. The molecule has 0 saturated heterocycles. The van der Waals surface area contributed by atoms with Crippen LogP contribution in [0.25, 0.3) is 5.69 Å². The molecule has 3 rings (SSSR count). The first kappa shape index (κ1) is 16.5. The van der Waals surface area contributed by atoms with Crippen LogP contribution in [0.2, 0.25) is 0 Å². The Hall–Kier alpha value is -2.38. The summed E-state index contributed by atoms with van der Waals surface area (Å²) in [6.45, 7) is 0.00735.